The lowest BCUT2D eigenvalue weighted by Crippen LogP contribution is -2.36. The van der Waals surface area contributed by atoms with Gasteiger partial charge in [0, 0.05) is 36.6 Å². The first-order chi connectivity index (χ1) is 7.66. The monoisotopic (exact) mass is 238 g/mol. The molecule has 3 heteroatoms. The summed E-state index contributed by atoms with van der Waals surface area (Å²) < 4.78 is 0. The lowest BCUT2D eigenvalue weighted by molar-refractivity contribution is 0.264. The molecule has 2 heterocycles. The number of nitrogens with zero attached hydrogens (tertiary/aromatic N) is 1. The van der Waals surface area contributed by atoms with Gasteiger partial charge in [0.05, 0.1) is 0 Å². The average Bonchev–Trinajstić information content (AvgIpc) is 2.84. The van der Waals surface area contributed by atoms with Gasteiger partial charge in [-0.25, -0.2) is 0 Å². The van der Waals surface area contributed by atoms with Crippen molar-refractivity contribution in [2.24, 2.45) is 5.92 Å². The lowest BCUT2D eigenvalue weighted by Gasteiger charge is -2.20. The van der Waals surface area contributed by atoms with Crippen LogP contribution in [0.4, 0.5) is 0 Å². The van der Waals surface area contributed by atoms with Crippen molar-refractivity contribution in [1.82, 2.24) is 10.2 Å². The molecule has 0 spiro atoms. The summed E-state index contributed by atoms with van der Waals surface area (Å²) in [6.07, 6.45) is 0. The fraction of sp³-hybridized carbons (Fsp3) is 0.692. The van der Waals surface area contributed by atoms with E-state index in [2.05, 4.69) is 48.5 Å². The maximum Gasteiger partial charge on any atom is 0.0302 e. The highest BCUT2D eigenvalue weighted by Crippen LogP contribution is 2.19. The van der Waals surface area contributed by atoms with Gasteiger partial charge in [-0.1, -0.05) is 13.0 Å². The Morgan fingerprint density at radius 1 is 1.50 bits per heavy atom. The number of likely N-dealkylation sites (tertiary alicyclic amines) is 1. The molecule has 2 rings (SSSR count). The van der Waals surface area contributed by atoms with E-state index in [9.17, 15) is 0 Å². The fourth-order valence-electron chi connectivity index (χ4n) is 2.34. The van der Waals surface area contributed by atoms with Crippen molar-refractivity contribution in [3.05, 3.63) is 22.4 Å². The van der Waals surface area contributed by atoms with E-state index in [-0.39, 0.29) is 0 Å². The summed E-state index contributed by atoms with van der Waals surface area (Å²) in [6.45, 7) is 10.4. The minimum Gasteiger partial charge on any atom is -0.308 e. The third kappa shape index (κ3) is 2.84. The molecule has 1 aromatic rings. The van der Waals surface area contributed by atoms with Crippen molar-refractivity contribution in [2.75, 3.05) is 13.1 Å². The molecule has 1 fully saturated rings. The summed E-state index contributed by atoms with van der Waals surface area (Å²) in [4.78, 5) is 4.01. The molecular weight excluding hydrogens is 216 g/mol. The van der Waals surface area contributed by atoms with E-state index in [0.717, 1.165) is 12.5 Å². The summed E-state index contributed by atoms with van der Waals surface area (Å²) in [6, 6.07) is 5.66. The number of hydrogen-bond donors (Lipinski definition) is 1. The van der Waals surface area contributed by atoms with Gasteiger partial charge >= 0.3 is 0 Å². The van der Waals surface area contributed by atoms with Crippen molar-refractivity contribution < 1.29 is 0 Å². The molecule has 1 aliphatic rings. The standard InChI is InChI=1S/C13H22N2S/c1-10(2)15-8-11(3)13(9-15)14-7-12-5-4-6-16-12/h4-6,10-11,13-14H,7-9H2,1-3H3. The highest BCUT2D eigenvalue weighted by atomic mass is 32.1. The number of thiophene rings is 1. The van der Waals surface area contributed by atoms with Crippen LogP contribution >= 0.6 is 11.3 Å². The predicted octanol–water partition coefficient (Wildman–Crippen LogP) is 2.57. The van der Waals surface area contributed by atoms with Gasteiger partial charge in [0.25, 0.3) is 0 Å². The Morgan fingerprint density at radius 3 is 2.88 bits per heavy atom. The maximum absolute atomic E-state index is 3.69. The van der Waals surface area contributed by atoms with E-state index in [4.69, 9.17) is 0 Å². The Kier molecular flexibility index (Phi) is 4.00. The zero-order chi connectivity index (χ0) is 11.5. The summed E-state index contributed by atoms with van der Waals surface area (Å²) >= 11 is 1.84. The molecule has 0 amide bonds. The molecule has 0 saturated carbocycles. The van der Waals surface area contributed by atoms with Crippen LogP contribution in [0.25, 0.3) is 0 Å². The molecule has 2 unspecified atom stereocenters. The molecule has 1 aliphatic heterocycles. The second-order valence-electron chi connectivity index (χ2n) is 5.09. The van der Waals surface area contributed by atoms with Gasteiger partial charge in [0.1, 0.15) is 0 Å². The Labute approximate surface area is 103 Å². The summed E-state index contributed by atoms with van der Waals surface area (Å²) in [5.41, 5.74) is 0. The second kappa shape index (κ2) is 5.30. The molecule has 0 aliphatic carbocycles. The highest BCUT2D eigenvalue weighted by Gasteiger charge is 2.30. The van der Waals surface area contributed by atoms with Crippen LogP contribution in [0, 0.1) is 5.92 Å². The van der Waals surface area contributed by atoms with Gasteiger partial charge < -0.3 is 5.32 Å². The zero-order valence-electron chi connectivity index (χ0n) is 10.4. The minimum atomic E-state index is 0.657. The van der Waals surface area contributed by atoms with Gasteiger partial charge in [-0.3, -0.25) is 4.90 Å². The minimum absolute atomic E-state index is 0.657. The molecule has 1 aromatic heterocycles. The van der Waals surface area contributed by atoms with Crippen LogP contribution in [0.5, 0.6) is 0 Å². The number of rotatable bonds is 4. The number of nitrogens with one attached hydrogen (secondary N) is 1. The summed E-state index contributed by atoms with van der Waals surface area (Å²) in [5, 5.41) is 5.84. The topological polar surface area (TPSA) is 15.3 Å². The van der Waals surface area contributed by atoms with Gasteiger partial charge in [0.15, 0.2) is 0 Å². The lowest BCUT2D eigenvalue weighted by atomic mass is 10.1. The second-order valence-corrected chi connectivity index (χ2v) is 6.12. The molecule has 1 N–H and O–H groups in total. The smallest absolute Gasteiger partial charge is 0.0302 e. The van der Waals surface area contributed by atoms with E-state index < -0.39 is 0 Å². The third-order valence-electron chi connectivity index (χ3n) is 3.49. The van der Waals surface area contributed by atoms with Gasteiger partial charge in [-0.05, 0) is 31.2 Å². The Hall–Kier alpha value is -0.380. The fourth-order valence-corrected chi connectivity index (χ4v) is 2.99. The predicted molar refractivity (Wildman–Crippen MR) is 70.8 cm³/mol. The SMILES string of the molecule is CC1CN(C(C)C)CC1NCc1cccs1. The van der Waals surface area contributed by atoms with Crippen LogP contribution < -0.4 is 5.32 Å². The largest absolute Gasteiger partial charge is 0.308 e. The van der Waals surface area contributed by atoms with Gasteiger partial charge in [-0.2, -0.15) is 0 Å². The Bertz CT molecular complexity index is 308. The van der Waals surface area contributed by atoms with Crippen molar-refractivity contribution >= 4 is 11.3 Å². The molecule has 16 heavy (non-hydrogen) atoms. The zero-order valence-corrected chi connectivity index (χ0v) is 11.3. The Morgan fingerprint density at radius 2 is 2.31 bits per heavy atom. The van der Waals surface area contributed by atoms with E-state index in [1.807, 2.05) is 11.3 Å². The van der Waals surface area contributed by atoms with Gasteiger partial charge in [0.2, 0.25) is 0 Å². The van der Waals surface area contributed by atoms with E-state index in [1.165, 1.54) is 18.0 Å². The quantitative estimate of drug-likeness (QED) is 0.867. The first-order valence-electron chi connectivity index (χ1n) is 6.16. The number of hydrogen-bond acceptors (Lipinski definition) is 3. The van der Waals surface area contributed by atoms with Crippen LogP contribution in [0.1, 0.15) is 25.6 Å². The van der Waals surface area contributed by atoms with Gasteiger partial charge in [-0.15, -0.1) is 11.3 Å². The molecule has 0 aromatic carbocycles. The average molecular weight is 238 g/mol. The van der Waals surface area contributed by atoms with Crippen LogP contribution in [-0.4, -0.2) is 30.1 Å². The van der Waals surface area contributed by atoms with Crippen molar-refractivity contribution in [1.29, 1.82) is 0 Å². The summed E-state index contributed by atoms with van der Waals surface area (Å²) in [7, 11) is 0. The first-order valence-corrected chi connectivity index (χ1v) is 7.04. The summed E-state index contributed by atoms with van der Waals surface area (Å²) in [5.74, 6) is 0.766. The molecule has 0 radical (unpaired) electrons. The molecule has 0 bridgehead atoms. The van der Waals surface area contributed by atoms with Crippen molar-refractivity contribution in [3.8, 4) is 0 Å². The van der Waals surface area contributed by atoms with E-state index >= 15 is 0 Å². The van der Waals surface area contributed by atoms with Crippen LogP contribution in [-0.2, 0) is 6.54 Å². The van der Waals surface area contributed by atoms with E-state index in [1.54, 1.807) is 0 Å². The Balaban J connectivity index is 1.82. The molecule has 2 nitrogen and oxygen atoms in total. The van der Waals surface area contributed by atoms with E-state index in [0.29, 0.717) is 12.1 Å². The van der Waals surface area contributed by atoms with Crippen LogP contribution in [0.2, 0.25) is 0 Å². The van der Waals surface area contributed by atoms with Crippen molar-refractivity contribution in [2.45, 2.75) is 39.4 Å². The molecule has 1 saturated heterocycles. The molecule has 2 atom stereocenters. The highest BCUT2D eigenvalue weighted by molar-refractivity contribution is 7.09. The molecular formula is C13H22N2S. The molecule has 90 valence electrons. The van der Waals surface area contributed by atoms with Crippen LogP contribution in [0.15, 0.2) is 17.5 Å². The third-order valence-corrected chi connectivity index (χ3v) is 4.37. The normalized spacial score (nSPS) is 26.8. The van der Waals surface area contributed by atoms with Crippen LogP contribution in [0.3, 0.4) is 0 Å². The maximum atomic E-state index is 3.69. The van der Waals surface area contributed by atoms with Crippen molar-refractivity contribution in [3.63, 3.8) is 0 Å². The first kappa shape index (κ1) is 12.1.